The molecule has 1 saturated heterocycles. The first-order valence-corrected chi connectivity index (χ1v) is 9.73. The van der Waals surface area contributed by atoms with Gasteiger partial charge in [0.2, 0.25) is 0 Å². The van der Waals surface area contributed by atoms with Crippen molar-refractivity contribution in [2.75, 3.05) is 11.4 Å². The van der Waals surface area contributed by atoms with Gasteiger partial charge in [-0.05, 0) is 37.0 Å². The lowest BCUT2D eigenvalue weighted by Gasteiger charge is -2.44. The second kappa shape index (κ2) is 5.46. The molecule has 0 bridgehead atoms. The Balaban J connectivity index is 1.59. The summed E-state index contributed by atoms with van der Waals surface area (Å²) in [6.45, 7) is 3.13. The Morgan fingerprint density at radius 2 is 1.96 bits per heavy atom. The van der Waals surface area contributed by atoms with Crippen LogP contribution < -0.4 is 4.90 Å². The van der Waals surface area contributed by atoms with Gasteiger partial charge in [0.25, 0.3) is 5.91 Å². The number of nitrogens with zero attached hydrogens (tertiary/aromatic N) is 2. The lowest BCUT2D eigenvalue weighted by molar-refractivity contribution is -0.120. The van der Waals surface area contributed by atoms with E-state index in [4.69, 9.17) is 0 Å². The van der Waals surface area contributed by atoms with Crippen LogP contribution in [0.15, 0.2) is 53.5 Å². The second-order valence-corrected chi connectivity index (χ2v) is 8.50. The lowest BCUT2D eigenvalue weighted by atomic mass is 9.84. The highest BCUT2D eigenvalue weighted by molar-refractivity contribution is 8.16. The molecule has 0 aliphatic carbocycles. The van der Waals surface area contributed by atoms with Crippen molar-refractivity contribution in [3.05, 3.63) is 65.2 Å². The zero-order valence-corrected chi connectivity index (χ0v) is 15.1. The number of para-hydroxylation sites is 1. The van der Waals surface area contributed by atoms with Crippen molar-refractivity contribution in [1.82, 2.24) is 0 Å². The number of aliphatic imine (C=N–C) groups is 1. The van der Waals surface area contributed by atoms with Crippen LogP contribution in [0.4, 0.5) is 5.69 Å². The van der Waals surface area contributed by atoms with Crippen LogP contribution in [0.3, 0.4) is 0 Å². The van der Waals surface area contributed by atoms with E-state index in [9.17, 15) is 4.79 Å². The first-order valence-electron chi connectivity index (χ1n) is 8.92. The molecule has 0 saturated carbocycles. The second-order valence-electron chi connectivity index (χ2n) is 7.19. The van der Waals surface area contributed by atoms with E-state index in [1.807, 2.05) is 12.1 Å². The molecular formula is C21H20N2OS. The molecule has 126 valence electrons. The highest BCUT2D eigenvalue weighted by atomic mass is 32.2. The predicted octanol–water partition coefficient (Wildman–Crippen LogP) is 3.98. The normalized spacial score (nSPS) is 27.4. The van der Waals surface area contributed by atoms with Crippen LogP contribution in [0.1, 0.15) is 29.5 Å². The minimum Gasteiger partial charge on any atom is -0.366 e. The van der Waals surface area contributed by atoms with E-state index >= 15 is 0 Å². The van der Waals surface area contributed by atoms with Crippen molar-refractivity contribution in [1.29, 1.82) is 0 Å². The highest BCUT2D eigenvalue weighted by Crippen LogP contribution is 2.51. The average Bonchev–Trinajstić information content (AvgIpc) is 3.23. The summed E-state index contributed by atoms with van der Waals surface area (Å²) >= 11 is 1.71. The molecule has 5 rings (SSSR count). The number of carbonyl (C=O) groups excluding carboxylic acids is 1. The molecule has 25 heavy (non-hydrogen) atoms. The monoisotopic (exact) mass is 348 g/mol. The summed E-state index contributed by atoms with van der Waals surface area (Å²) in [5.41, 5.74) is 4.87. The molecule has 2 aromatic rings. The van der Waals surface area contributed by atoms with Crippen molar-refractivity contribution >= 4 is 28.4 Å². The average molecular weight is 348 g/mol. The number of anilines is 1. The number of rotatable bonds is 1. The number of hydrogen-bond donors (Lipinski definition) is 0. The van der Waals surface area contributed by atoms with E-state index in [1.54, 1.807) is 11.8 Å². The summed E-state index contributed by atoms with van der Waals surface area (Å²) in [7, 11) is 0. The zero-order chi connectivity index (χ0) is 17.0. The van der Waals surface area contributed by atoms with Crippen LogP contribution in [0.2, 0.25) is 0 Å². The number of carbonyl (C=O) groups is 1. The molecule has 2 aromatic carbocycles. The first kappa shape index (κ1) is 15.2. The van der Waals surface area contributed by atoms with Gasteiger partial charge in [-0.15, -0.1) is 0 Å². The highest BCUT2D eigenvalue weighted by Gasteiger charge is 2.57. The molecule has 2 atom stereocenters. The third-order valence-electron chi connectivity index (χ3n) is 5.76. The van der Waals surface area contributed by atoms with Gasteiger partial charge in [0, 0.05) is 24.2 Å². The molecule has 1 spiro atoms. The minimum absolute atomic E-state index is 0.0576. The van der Waals surface area contributed by atoms with Crippen molar-refractivity contribution in [3.63, 3.8) is 0 Å². The van der Waals surface area contributed by atoms with E-state index < -0.39 is 4.75 Å². The number of benzene rings is 2. The number of amides is 1. The topological polar surface area (TPSA) is 32.7 Å². The fourth-order valence-corrected chi connectivity index (χ4v) is 6.11. The Labute approximate surface area is 152 Å². The molecule has 0 radical (unpaired) electrons. The predicted molar refractivity (Wildman–Crippen MR) is 104 cm³/mol. The quantitative estimate of drug-likeness (QED) is 0.781. The van der Waals surface area contributed by atoms with Crippen molar-refractivity contribution in [2.24, 2.45) is 4.99 Å². The summed E-state index contributed by atoms with van der Waals surface area (Å²) < 4.78 is -0.456. The summed E-state index contributed by atoms with van der Waals surface area (Å²) in [6.07, 6.45) is 3.00. The van der Waals surface area contributed by atoms with Crippen LogP contribution in [-0.2, 0) is 11.2 Å². The molecule has 1 fully saturated rings. The molecule has 3 aliphatic heterocycles. The maximum Gasteiger partial charge on any atom is 0.265 e. The van der Waals surface area contributed by atoms with Crippen LogP contribution in [-0.4, -0.2) is 28.3 Å². The van der Waals surface area contributed by atoms with Crippen LogP contribution in [0.5, 0.6) is 0 Å². The first-order chi connectivity index (χ1) is 12.2. The SMILES string of the molecule is Cc1ccccc1C1=NC(=O)C2(Cc3ccccc3N3CCCC32)S1. The van der Waals surface area contributed by atoms with Crippen molar-refractivity contribution in [3.8, 4) is 0 Å². The van der Waals surface area contributed by atoms with E-state index in [-0.39, 0.29) is 11.9 Å². The maximum atomic E-state index is 13.2. The molecule has 0 aromatic heterocycles. The van der Waals surface area contributed by atoms with Crippen LogP contribution >= 0.6 is 11.8 Å². The molecule has 3 aliphatic rings. The fourth-order valence-electron chi connectivity index (χ4n) is 4.56. The minimum atomic E-state index is -0.456. The summed E-state index contributed by atoms with van der Waals surface area (Å²) in [5.74, 6) is 0.0576. The smallest absolute Gasteiger partial charge is 0.265 e. The summed E-state index contributed by atoms with van der Waals surface area (Å²) in [4.78, 5) is 20.2. The van der Waals surface area contributed by atoms with Gasteiger partial charge in [-0.1, -0.05) is 54.2 Å². The number of thioether (sulfide) groups is 1. The van der Waals surface area contributed by atoms with Gasteiger partial charge >= 0.3 is 0 Å². The zero-order valence-electron chi connectivity index (χ0n) is 14.2. The van der Waals surface area contributed by atoms with Gasteiger partial charge < -0.3 is 4.90 Å². The Morgan fingerprint density at radius 3 is 2.84 bits per heavy atom. The Kier molecular flexibility index (Phi) is 3.32. The summed E-state index contributed by atoms with van der Waals surface area (Å²) in [5, 5.41) is 0.898. The number of aryl methyl sites for hydroxylation is 1. The third kappa shape index (κ3) is 2.13. The molecule has 3 heterocycles. The molecule has 0 N–H and O–H groups in total. The van der Waals surface area contributed by atoms with Gasteiger partial charge in [0.1, 0.15) is 9.79 Å². The fraction of sp³-hybridized carbons (Fsp3) is 0.333. The van der Waals surface area contributed by atoms with Gasteiger partial charge in [-0.25, -0.2) is 4.99 Å². The Hall–Kier alpha value is -2.07. The van der Waals surface area contributed by atoms with Gasteiger partial charge in [0.15, 0.2) is 0 Å². The Morgan fingerprint density at radius 1 is 1.16 bits per heavy atom. The number of fused-ring (bicyclic) bond motifs is 4. The largest absolute Gasteiger partial charge is 0.366 e. The molecule has 3 nitrogen and oxygen atoms in total. The summed E-state index contributed by atoms with van der Waals surface area (Å²) in [6, 6.07) is 17.0. The van der Waals surface area contributed by atoms with Crippen molar-refractivity contribution in [2.45, 2.75) is 37.0 Å². The van der Waals surface area contributed by atoms with Gasteiger partial charge in [0.05, 0.1) is 6.04 Å². The van der Waals surface area contributed by atoms with E-state index in [2.05, 4.69) is 53.2 Å². The van der Waals surface area contributed by atoms with E-state index in [1.165, 1.54) is 16.8 Å². The van der Waals surface area contributed by atoms with Crippen LogP contribution in [0.25, 0.3) is 0 Å². The molecule has 4 heteroatoms. The molecule has 2 unspecified atom stereocenters. The van der Waals surface area contributed by atoms with Crippen LogP contribution in [0, 0.1) is 6.92 Å². The Bertz CT molecular complexity index is 906. The maximum absolute atomic E-state index is 13.2. The number of hydrogen-bond acceptors (Lipinski definition) is 3. The van der Waals surface area contributed by atoms with E-state index in [0.717, 1.165) is 36.4 Å². The van der Waals surface area contributed by atoms with Crippen molar-refractivity contribution < 1.29 is 4.79 Å². The van der Waals surface area contributed by atoms with E-state index in [0.29, 0.717) is 0 Å². The molecule has 1 amide bonds. The molecular weight excluding hydrogens is 328 g/mol. The third-order valence-corrected chi connectivity index (χ3v) is 7.22. The van der Waals surface area contributed by atoms with Gasteiger partial charge in [-0.2, -0.15) is 0 Å². The lowest BCUT2D eigenvalue weighted by Crippen LogP contribution is -2.55. The standard InChI is InChI=1S/C21H20N2OS/c1-14-7-2-4-9-16(14)19-22-20(24)21(25-19)13-15-8-3-5-10-17(15)23-12-6-11-18(21)23/h2-5,7-10,18H,6,11-13H2,1H3. The van der Waals surface area contributed by atoms with Gasteiger partial charge in [-0.3, -0.25) is 4.79 Å².